The van der Waals surface area contributed by atoms with Gasteiger partial charge in [0.25, 0.3) is 10.0 Å². The number of nitrogens with zero attached hydrogens (tertiary/aromatic N) is 2. The molecule has 9 heteroatoms. The van der Waals surface area contributed by atoms with Crippen LogP contribution in [-0.2, 0) is 10.0 Å². The minimum absolute atomic E-state index is 0.00858. The second-order valence-corrected chi connectivity index (χ2v) is 5.76. The zero-order chi connectivity index (χ0) is 14.9. The molecule has 1 aromatic heterocycles. The highest BCUT2D eigenvalue weighted by Gasteiger charge is 2.22. The number of hydrogen-bond donors (Lipinski definition) is 2. The quantitative estimate of drug-likeness (QED) is 0.889. The van der Waals surface area contributed by atoms with E-state index in [9.17, 15) is 12.8 Å². The van der Waals surface area contributed by atoms with Gasteiger partial charge in [-0.3, -0.25) is 0 Å². The molecule has 0 atom stereocenters. The molecule has 108 valence electrons. The molecule has 1 heterocycles. The fourth-order valence-electron chi connectivity index (χ4n) is 1.88. The van der Waals surface area contributed by atoms with Crippen LogP contribution in [0.2, 0.25) is 0 Å². The molecule has 2 N–H and O–H groups in total. The molecular formula is C11H13FN4O3S. The van der Waals surface area contributed by atoms with Gasteiger partial charge in [0.15, 0.2) is 0 Å². The predicted molar refractivity (Wildman–Crippen MR) is 69.6 cm³/mol. The van der Waals surface area contributed by atoms with Crippen molar-refractivity contribution in [3.63, 3.8) is 0 Å². The molecule has 1 aromatic carbocycles. The summed E-state index contributed by atoms with van der Waals surface area (Å²) < 4.78 is 44.8. The van der Waals surface area contributed by atoms with E-state index in [0.29, 0.717) is 11.1 Å². The van der Waals surface area contributed by atoms with Gasteiger partial charge in [0.1, 0.15) is 5.82 Å². The molecule has 2 rings (SSSR count). The zero-order valence-electron chi connectivity index (χ0n) is 11.1. The lowest BCUT2D eigenvalue weighted by molar-refractivity contribution is 0.382. The van der Waals surface area contributed by atoms with Gasteiger partial charge in [-0.25, -0.2) is 22.6 Å². The van der Waals surface area contributed by atoms with Crippen LogP contribution >= 0.6 is 0 Å². The molecule has 2 aromatic rings. The van der Waals surface area contributed by atoms with Crippen LogP contribution in [0, 0.1) is 19.7 Å². The lowest BCUT2D eigenvalue weighted by Gasteiger charge is -2.11. The summed E-state index contributed by atoms with van der Waals surface area (Å²) in [5.74, 6) is -0.565. The number of sulfonamides is 1. The van der Waals surface area contributed by atoms with Crippen molar-refractivity contribution in [3.8, 4) is 6.01 Å². The Bertz CT molecular complexity index is 719. The molecule has 0 amide bonds. The van der Waals surface area contributed by atoms with Gasteiger partial charge in [0.05, 0.1) is 12.0 Å². The molecule has 0 aliphatic heterocycles. The van der Waals surface area contributed by atoms with Crippen molar-refractivity contribution in [3.05, 3.63) is 29.1 Å². The Labute approximate surface area is 115 Å². The molecule has 0 saturated carbocycles. The van der Waals surface area contributed by atoms with E-state index in [0.717, 1.165) is 12.1 Å². The number of anilines is 1. The van der Waals surface area contributed by atoms with E-state index in [4.69, 9.17) is 4.74 Å². The normalized spacial score (nSPS) is 11.4. The Kier molecular flexibility index (Phi) is 3.62. The molecule has 0 aliphatic carbocycles. The SMILES string of the molecule is COc1n[nH]c(NS(=O)(=O)c2c(C)cc(F)cc2C)n1. The first-order valence-electron chi connectivity index (χ1n) is 5.59. The van der Waals surface area contributed by atoms with Gasteiger partial charge in [-0.2, -0.15) is 4.98 Å². The highest BCUT2D eigenvalue weighted by atomic mass is 32.2. The van der Waals surface area contributed by atoms with Crippen molar-refractivity contribution in [2.75, 3.05) is 11.8 Å². The van der Waals surface area contributed by atoms with Crippen LogP contribution in [0.4, 0.5) is 10.3 Å². The largest absolute Gasteiger partial charge is 0.466 e. The molecule has 0 aliphatic rings. The number of hydrogen-bond acceptors (Lipinski definition) is 5. The summed E-state index contributed by atoms with van der Waals surface area (Å²) in [6.07, 6.45) is 0. The van der Waals surface area contributed by atoms with Crippen LogP contribution in [0.15, 0.2) is 17.0 Å². The second kappa shape index (κ2) is 5.08. The zero-order valence-corrected chi connectivity index (χ0v) is 11.9. The van der Waals surface area contributed by atoms with Crippen LogP contribution in [0.25, 0.3) is 0 Å². The van der Waals surface area contributed by atoms with E-state index in [-0.39, 0.29) is 16.9 Å². The number of aryl methyl sites for hydroxylation is 2. The van der Waals surface area contributed by atoms with Crippen molar-refractivity contribution >= 4 is 16.0 Å². The van der Waals surface area contributed by atoms with E-state index >= 15 is 0 Å². The third kappa shape index (κ3) is 2.72. The minimum atomic E-state index is -3.89. The first-order chi connectivity index (χ1) is 9.33. The maximum Gasteiger partial charge on any atom is 0.336 e. The predicted octanol–water partition coefficient (Wildman–Crippen LogP) is 1.37. The molecule has 20 heavy (non-hydrogen) atoms. The lowest BCUT2D eigenvalue weighted by Crippen LogP contribution is -2.16. The van der Waals surface area contributed by atoms with Crippen LogP contribution in [0.1, 0.15) is 11.1 Å². The molecule has 0 fully saturated rings. The number of nitrogens with one attached hydrogen (secondary N) is 2. The van der Waals surface area contributed by atoms with Gasteiger partial charge in [-0.05, 0) is 37.1 Å². The van der Waals surface area contributed by atoms with Crippen LogP contribution in [0.3, 0.4) is 0 Å². The monoisotopic (exact) mass is 300 g/mol. The van der Waals surface area contributed by atoms with Crippen molar-refractivity contribution < 1.29 is 17.5 Å². The summed E-state index contributed by atoms with van der Waals surface area (Å²) >= 11 is 0. The van der Waals surface area contributed by atoms with Crippen molar-refractivity contribution in [1.29, 1.82) is 0 Å². The summed E-state index contributed by atoms with van der Waals surface area (Å²) in [6, 6.07) is 2.32. The van der Waals surface area contributed by atoms with E-state index in [2.05, 4.69) is 19.9 Å². The van der Waals surface area contributed by atoms with Crippen LogP contribution in [-0.4, -0.2) is 30.7 Å². The third-order valence-corrected chi connectivity index (χ3v) is 4.22. The Morgan fingerprint density at radius 1 is 1.30 bits per heavy atom. The Hall–Kier alpha value is -2.16. The molecule has 0 saturated heterocycles. The smallest absolute Gasteiger partial charge is 0.336 e. The number of benzene rings is 1. The fourth-order valence-corrected chi connectivity index (χ4v) is 3.30. The number of H-pyrrole nitrogens is 1. The van der Waals surface area contributed by atoms with Crippen LogP contribution in [0.5, 0.6) is 6.01 Å². The highest BCUT2D eigenvalue weighted by Crippen LogP contribution is 2.23. The van der Waals surface area contributed by atoms with Gasteiger partial charge in [0.2, 0.25) is 5.95 Å². The van der Waals surface area contributed by atoms with Gasteiger partial charge >= 0.3 is 6.01 Å². The van der Waals surface area contributed by atoms with E-state index in [1.54, 1.807) is 0 Å². The van der Waals surface area contributed by atoms with Crippen molar-refractivity contribution in [1.82, 2.24) is 15.2 Å². The lowest BCUT2D eigenvalue weighted by atomic mass is 10.1. The van der Waals surface area contributed by atoms with E-state index in [1.807, 2.05) is 0 Å². The van der Waals surface area contributed by atoms with Gasteiger partial charge < -0.3 is 4.74 Å². The number of ether oxygens (including phenoxy) is 1. The second-order valence-electron chi connectivity index (χ2n) is 4.14. The molecular weight excluding hydrogens is 287 g/mol. The maximum absolute atomic E-state index is 13.2. The standard InChI is InChI=1S/C11H13FN4O3S/c1-6-4-8(12)5-7(2)9(6)20(17,18)16-10-13-11(19-3)15-14-10/h4-5H,1-3H3,(H2,13,14,15,16). The number of aromatic nitrogens is 3. The summed E-state index contributed by atoms with van der Waals surface area (Å²) in [7, 11) is -2.54. The topological polar surface area (TPSA) is 97.0 Å². The molecule has 0 bridgehead atoms. The summed E-state index contributed by atoms with van der Waals surface area (Å²) in [4.78, 5) is 3.77. The molecule has 0 unspecified atom stereocenters. The fraction of sp³-hybridized carbons (Fsp3) is 0.273. The van der Waals surface area contributed by atoms with Gasteiger partial charge in [0, 0.05) is 0 Å². The Balaban J connectivity index is 2.40. The molecule has 0 radical (unpaired) electrons. The van der Waals surface area contributed by atoms with Gasteiger partial charge in [-0.1, -0.05) is 0 Å². The first-order valence-corrected chi connectivity index (χ1v) is 7.08. The molecule has 0 spiro atoms. The number of rotatable bonds is 4. The average molecular weight is 300 g/mol. The number of methoxy groups -OCH3 is 1. The van der Waals surface area contributed by atoms with E-state index in [1.165, 1.54) is 21.0 Å². The maximum atomic E-state index is 13.2. The summed E-state index contributed by atoms with van der Waals surface area (Å²) in [5, 5.41) is 6.01. The Morgan fingerprint density at radius 3 is 2.40 bits per heavy atom. The summed E-state index contributed by atoms with van der Waals surface area (Å²) in [6.45, 7) is 3.04. The first kappa shape index (κ1) is 14.3. The summed E-state index contributed by atoms with van der Waals surface area (Å²) in [5.41, 5.74) is 0.614. The van der Waals surface area contributed by atoms with Gasteiger partial charge in [-0.15, -0.1) is 5.10 Å². The van der Waals surface area contributed by atoms with Crippen molar-refractivity contribution in [2.24, 2.45) is 0 Å². The van der Waals surface area contributed by atoms with Crippen LogP contribution < -0.4 is 9.46 Å². The van der Waals surface area contributed by atoms with E-state index < -0.39 is 15.8 Å². The number of aromatic amines is 1. The van der Waals surface area contributed by atoms with Crippen molar-refractivity contribution in [2.45, 2.75) is 18.7 Å². The third-order valence-electron chi connectivity index (χ3n) is 2.57. The number of halogens is 1. The average Bonchev–Trinajstić information content (AvgIpc) is 2.73. The molecule has 7 nitrogen and oxygen atoms in total. The Morgan fingerprint density at radius 2 is 1.90 bits per heavy atom. The minimum Gasteiger partial charge on any atom is -0.466 e. The highest BCUT2D eigenvalue weighted by molar-refractivity contribution is 7.92.